The number of hydrogen-bond acceptors (Lipinski definition) is 4. The number of sulfonamides is 1. The van der Waals surface area contributed by atoms with E-state index in [2.05, 4.69) is 22.0 Å². The summed E-state index contributed by atoms with van der Waals surface area (Å²) in [6.07, 6.45) is 6.43. The van der Waals surface area contributed by atoms with Crippen molar-refractivity contribution < 1.29 is 8.42 Å². The van der Waals surface area contributed by atoms with E-state index in [0.29, 0.717) is 24.1 Å². The molecule has 0 unspecified atom stereocenters. The van der Waals surface area contributed by atoms with Gasteiger partial charge in [0, 0.05) is 6.54 Å². The van der Waals surface area contributed by atoms with Gasteiger partial charge in [-0.15, -0.1) is 0 Å². The second-order valence-electron chi connectivity index (χ2n) is 6.73. The summed E-state index contributed by atoms with van der Waals surface area (Å²) in [6.45, 7) is 4.98. The summed E-state index contributed by atoms with van der Waals surface area (Å²) in [6, 6.07) is 0. The quantitative estimate of drug-likeness (QED) is 0.736. The fraction of sp³-hybridized carbons (Fsp3) is 1.00. The number of rotatable bonds is 7. The molecule has 2 fully saturated rings. The standard InChI is InChI=1S/C15H31N3O2S/c1-18-11-5-15(6-12-18)4-10-17-21(19,20)13-7-14-2-8-16-9-3-14/h14-17H,2-13H2,1H3. The van der Waals surface area contributed by atoms with Gasteiger partial charge >= 0.3 is 0 Å². The molecule has 0 saturated carbocycles. The molecule has 6 heteroatoms. The summed E-state index contributed by atoms with van der Waals surface area (Å²) < 4.78 is 26.9. The van der Waals surface area contributed by atoms with Crippen LogP contribution in [0.4, 0.5) is 0 Å². The van der Waals surface area contributed by atoms with E-state index in [0.717, 1.165) is 51.9 Å². The number of likely N-dealkylation sites (tertiary alicyclic amines) is 1. The summed E-state index contributed by atoms with van der Waals surface area (Å²) in [5.74, 6) is 1.57. The Bertz CT molecular complexity index is 386. The van der Waals surface area contributed by atoms with Gasteiger partial charge in [0.15, 0.2) is 0 Å². The van der Waals surface area contributed by atoms with Crippen molar-refractivity contribution in [2.75, 3.05) is 45.5 Å². The molecule has 0 bridgehead atoms. The number of nitrogens with zero attached hydrogens (tertiary/aromatic N) is 1. The van der Waals surface area contributed by atoms with Gasteiger partial charge in [-0.05, 0) is 83.6 Å². The van der Waals surface area contributed by atoms with Crippen molar-refractivity contribution in [1.82, 2.24) is 14.9 Å². The smallest absolute Gasteiger partial charge is 0.211 e. The Morgan fingerprint density at radius 1 is 1.05 bits per heavy atom. The number of nitrogens with one attached hydrogen (secondary N) is 2. The molecular weight excluding hydrogens is 286 g/mol. The van der Waals surface area contributed by atoms with Crippen molar-refractivity contribution >= 4 is 10.0 Å². The summed E-state index contributed by atoms with van der Waals surface area (Å²) in [5, 5.41) is 3.32. The van der Waals surface area contributed by atoms with E-state index >= 15 is 0 Å². The third-order valence-corrected chi connectivity index (χ3v) is 6.38. The summed E-state index contributed by atoms with van der Waals surface area (Å²) in [4.78, 5) is 2.35. The van der Waals surface area contributed by atoms with Gasteiger partial charge in [-0.1, -0.05) is 0 Å². The van der Waals surface area contributed by atoms with Crippen LogP contribution in [0.2, 0.25) is 0 Å². The third-order valence-electron chi connectivity index (χ3n) is 4.97. The van der Waals surface area contributed by atoms with Crippen molar-refractivity contribution in [2.45, 2.75) is 38.5 Å². The Labute approximate surface area is 129 Å². The lowest BCUT2D eigenvalue weighted by molar-refractivity contribution is 0.213. The Hall–Kier alpha value is -0.170. The van der Waals surface area contributed by atoms with Crippen LogP contribution in [0, 0.1) is 11.8 Å². The molecule has 0 aliphatic carbocycles. The second kappa shape index (κ2) is 8.46. The summed E-state index contributed by atoms with van der Waals surface area (Å²) in [7, 11) is -0.921. The molecule has 2 rings (SSSR count). The second-order valence-corrected chi connectivity index (χ2v) is 8.66. The molecule has 0 atom stereocenters. The maximum absolute atomic E-state index is 12.0. The van der Waals surface area contributed by atoms with E-state index in [1.54, 1.807) is 0 Å². The van der Waals surface area contributed by atoms with E-state index in [4.69, 9.17) is 0 Å². The maximum Gasteiger partial charge on any atom is 0.211 e. The van der Waals surface area contributed by atoms with Crippen LogP contribution in [0.5, 0.6) is 0 Å². The van der Waals surface area contributed by atoms with Crippen LogP contribution in [0.3, 0.4) is 0 Å². The van der Waals surface area contributed by atoms with Gasteiger partial charge in [-0.2, -0.15) is 0 Å². The van der Waals surface area contributed by atoms with Gasteiger partial charge in [0.2, 0.25) is 10.0 Å². The van der Waals surface area contributed by atoms with Gasteiger partial charge in [-0.3, -0.25) is 0 Å². The fourth-order valence-electron chi connectivity index (χ4n) is 3.33. The fourth-order valence-corrected chi connectivity index (χ4v) is 4.55. The topological polar surface area (TPSA) is 61.4 Å². The van der Waals surface area contributed by atoms with Crippen LogP contribution in [0.15, 0.2) is 0 Å². The first-order valence-electron chi connectivity index (χ1n) is 8.42. The predicted molar refractivity (Wildman–Crippen MR) is 86.8 cm³/mol. The zero-order valence-electron chi connectivity index (χ0n) is 13.3. The zero-order chi connectivity index (χ0) is 15.1. The molecule has 0 aromatic heterocycles. The van der Waals surface area contributed by atoms with Crippen LogP contribution in [-0.2, 0) is 10.0 Å². The molecule has 5 nitrogen and oxygen atoms in total. The summed E-state index contributed by atoms with van der Waals surface area (Å²) in [5.41, 5.74) is 0. The van der Waals surface area contributed by atoms with Crippen molar-refractivity contribution in [2.24, 2.45) is 11.8 Å². The molecule has 0 radical (unpaired) electrons. The summed E-state index contributed by atoms with van der Waals surface area (Å²) >= 11 is 0. The third kappa shape index (κ3) is 6.63. The van der Waals surface area contributed by atoms with E-state index < -0.39 is 10.0 Å². The Kier molecular flexibility index (Phi) is 6.92. The van der Waals surface area contributed by atoms with E-state index in [9.17, 15) is 8.42 Å². The monoisotopic (exact) mass is 317 g/mol. The molecule has 0 spiro atoms. The first-order valence-corrected chi connectivity index (χ1v) is 10.1. The first-order chi connectivity index (χ1) is 10.1. The first kappa shape index (κ1) is 17.2. The van der Waals surface area contributed by atoms with Gasteiger partial charge in [-0.25, -0.2) is 13.1 Å². The van der Waals surface area contributed by atoms with E-state index in [-0.39, 0.29) is 0 Å². The molecule has 0 aromatic rings. The van der Waals surface area contributed by atoms with E-state index in [1.165, 1.54) is 12.8 Å². The van der Waals surface area contributed by atoms with Crippen LogP contribution < -0.4 is 10.0 Å². The molecule has 2 aliphatic heterocycles. The van der Waals surface area contributed by atoms with Crippen molar-refractivity contribution in [1.29, 1.82) is 0 Å². The molecule has 2 aliphatic rings. The largest absolute Gasteiger partial charge is 0.317 e. The minimum Gasteiger partial charge on any atom is -0.317 e. The lowest BCUT2D eigenvalue weighted by Gasteiger charge is -2.28. The van der Waals surface area contributed by atoms with Crippen LogP contribution >= 0.6 is 0 Å². The highest BCUT2D eigenvalue weighted by Gasteiger charge is 2.19. The lowest BCUT2D eigenvalue weighted by Crippen LogP contribution is -2.34. The van der Waals surface area contributed by atoms with Crippen LogP contribution in [0.25, 0.3) is 0 Å². The molecule has 2 N–H and O–H groups in total. The van der Waals surface area contributed by atoms with Gasteiger partial charge in [0.05, 0.1) is 5.75 Å². The normalized spacial score (nSPS) is 23.5. The van der Waals surface area contributed by atoms with Crippen molar-refractivity contribution in [3.05, 3.63) is 0 Å². The number of piperidine rings is 2. The highest BCUT2D eigenvalue weighted by Crippen LogP contribution is 2.19. The molecule has 0 aromatic carbocycles. The lowest BCUT2D eigenvalue weighted by atomic mass is 9.94. The molecule has 21 heavy (non-hydrogen) atoms. The SMILES string of the molecule is CN1CCC(CCNS(=O)(=O)CCC2CCNCC2)CC1. The average Bonchev–Trinajstić information content (AvgIpc) is 2.48. The van der Waals surface area contributed by atoms with Crippen LogP contribution in [0.1, 0.15) is 38.5 Å². The van der Waals surface area contributed by atoms with Crippen molar-refractivity contribution in [3.8, 4) is 0 Å². The molecule has 2 saturated heterocycles. The Morgan fingerprint density at radius 2 is 1.67 bits per heavy atom. The molecule has 2 heterocycles. The van der Waals surface area contributed by atoms with Gasteiger partial charge in [0.1, 0.15) is 0 Å². The molecule has 0 amide bonds. The Morgan fingerprint density at radius 3 is 2.33 bits per heavy atom. The molecule has 124 valence electrons. The number of hydrogen-bond donors (Lipinski definition) is 2. The highest BCUT2D eigenvalue weighted by molar-refractivity contribution is 7.89. The zero-order valence-corrected chi connectivity index (χ0v) is 14.1. The maximum atomic E-state index is 12.0. The van der Waals surface area contributed by atoms with Gasteiger partial charge in [0.25, 0.3) is 0 Å². The van der Waals surface area contributed by atoms with Crippen molar-refractivity contribution in [3.63, 3.8) is 0 Å². The molecular formula is C15H31N3O2S. The highest BCUT2D eigenvalue weighted by atomic mass is 32.2. The minimum atomic E-state index is -3.07. The Balaban J connectivity index is 1.59. The van der Waals surface area contributed by atoms with Crippen LogP contribution in [-0.4, -0.2) is 58.8 Å². The van der Waals surface area contributed by atoms with Gasteiger partial charge < -0.3 is 10.2 Å². The predicted octanol–water partition coefficient (Wildman–Crippen LogP) is 1.03. The minimum absolute atomic E-state index is 0.297. The average molecular weight is 317 g/mol. The van der Waals surface area contributed by atoms with E-state index in [1.807, 2.05) is 0 Å².